The molecule has 2 fully saturated rings. The number of ether oxygens (including phenoxy) is 1. The van der Waals surface area contributed by atoms with Gasteiger partial charge in [0.05, 0.1) is 44.6 Å². The Morgan fingerprint density at radius 1 is 0.949 bits per heavy atom. The molecule has 79 heavy (non-hydrogen) atoms. The lowest BCUT2D eigenvalue weighted by Gasteiger charge is -2.35. The lowest BCUT2D eigenvalue weighted by Crippen LogP contribution is -2.57. The van der Waals surface area contributed by atoms with Gasteiger partial charge in [-0.2, -0.15) is 0 Å². The Labute approximate surface area is 470 Å². The Morgan fingerprint density at radius 2 is 1.71 bits per heavy atom. The molecule has 8 rings (SSSR count). The summed E-state index contributed by atoms with van der Waals surface area (Å²) in [4.78, 5) is 72.2. The first-order valence-corrected chi connectivity index (χ1v) is 28.6. The van der Waals surface area contributed by atoms with E-state index in [0.29, 0.717) is 59.0 Å². The minimum atomic E-state index is -0.874. The van der Waals surface area contributed by atoms with Gasteiger partial charge in [-0.25, -0.2) is 19.3 Å². The van der Waals surface area contributed by atoms with E-state index in [0.717, 1.165) is 86.2 Å². The van der Waals surface area contributed by atoms with Gasteiger partial charge in [0.2, 0.25) is 23.6 Å². The van der Waals surface area contributed by atoms with E-state index >= 15 is 0 Å². The lowest BCUT2D eigenvalue weighted by molar-refractivity contribution is -0.144. The molecule has 6 aromatic rings. The number of nitrogens with one attached hydrogen (secondary N) is 4. The standard InChI is InChI=1S/C58H72ClFN12O6S/c1-38-53(79-37-64-38)40-20-18-39(19-21-40)32-61-56(76)49-29-43(73)34-72(49)57(77)54(58(2,3)4)67-52(75)16-11-8-6-5-7-9-14-27-71-33-42(68-69-71)35-78-50-31-47-44(55(63-36-62-47)65-41-22-23-46(60)45(59)28-41)30-48(50)66-51(74)17-15-26-70-24-12-10-13-25-70/h15,17-23,28,30-31,33,36-37,43,49,54,73H,5-14,16,24-27,29,32,34-35H2,1-4H3,(H,61,76)(H,66,74)(H,67,75)(H,62,63,65). The Kier molecular flexibility index (Phi) is 20.5. The van der Waals surface area contributed by atoms with Gasteiger partial charge < -0.3 is 36.0 Å². The number of unbranched alkanes of at least 4 members (excludes halogenated alkanes) is 6. The summed E-state index contributed by atoms with van der Waals surface area (Å²) in [6.45, 7) is 11.4. The fraction of sp³-hybridized carbons (Fsp3) is 0.466. The van der Waals surface area contributed by atoms with Crippen LogP contribution < -0.4 is 26.0 Å². The summed E-state index contributed by atoms with van der Waals surface area (Å²) in [6, 6.07) is 13.9. The van der Waals surface area contributed by atoms with Crippen LogP contribution in [0.2, 0.25) is 5.02 Å². The van der Waals surface area contributed by atoms with E-state index in [9.17, 15) is 28.7 Å². The first-order valence-electron chi connectivity index (χ1n) is 27.4. The van der Waals surface area contributed by atoms with Gasteiger partial charge >= 0.3 is 0 Å². The van der Waals surface area contributed by atoms with Crippen molar-refractivity contribution in [3.8, 4) is 16.2 Å². The van der Waals surface area contributed by atoms with Crippen LogP contribution in [0.15, 0.2) is 84.8 Å². The number of hydrogen-bond donors (Lipinski definition) is 5. The number of aryl methyl sites for hydroxylation is 2. The molecule has 4 amide bonds. The van der Waals surface area contributed by atoms with Crippen LogP contribution in [0.4, 0.5) is 21.6 Å². The number of aliphatic hydroxyl groups is 1. The highest BCUT2D eigenvalue weighted by Crippen LogP contribution is 2.35. The molecule has 0 radical (unpaired) electrons. The number of aliphatic hydroxyl groups excluding tert-OH is 1. The monoisotopic (exact) mass is 1120 g/mol. The van der Waals surface area contributed by atoms with E-state index in [-0.39, 0.29) is 61.2 Å². The predicted octanol–water partition coefficient (Wildman–Crippen LogP) is 9.68. The quantitative estimate of drug-likeness (QED) is 0.0267. The summed E-state index contributed by atoms with van der Waals surface area (Å²) in [5.74, 6) is -0.983. The maximum Gasteiger partial charge on any atom is 0.248 e. The van der Waals surface area contributed by atoms with Crippen LogP contribution in [-0.2, 0) is 38.9 Å². The number of hydrogen-bond acceptors (Lipinski definition) is 14. The van der Waals surface area contributed by atoms with E-state index in [1.807, 2.05) is 69.7 Å². The van der Waals surface area contributed by atoms with Gasteiger partial charge in [0.1, 0.15) is 48.1 Å². The number of nitrogens with zero attached hydrogens (tertiary/aromatic N) is 8. The summed E-state index contributed by atoms with van der Waals surface area (Å²) in [5.41, 5.74) is 6.19. The summed E-state index contributed by atoms with van der Waals surface area (Å²) in [7, 11) is 0. The van der Waals surface area contributed by atoms with Gasteiger partial charge in [-0.3, -0.25) is 28.8 Å². The van der Waals surface area contributed by atoms with Gasteiger partial charge in [-0.05, 0) is 86.5 Å². The Hall–Kier alpha value is -6.87. The zero-order valence-corrected chi connectivity index (χ0v) is 47.1. The highest BCUT2D eigenvalue weighted by atomic mass is 35.5. The minimum absolute atomic E-state index is 0.0167. The molecule has 0 bridgehead atoms. The SMILES string of the molecule is Cc1ncsc1-c1ccc(CNC(=O)C2CC(O)CN2C(=O)C(NC(=O)CCCCCCCCCn2cc(COc3cc4ncnc(Nc5ccc(F)c(Cl)c5)c4cc3NC(=O)C=CCN3CCCCC3)nn2)C(C)(C)C)cc1. The lowest BCUT2D eigenvalue weighted by atomic mass is 9.85. The Balaban J connectivity index is 0.755. The van der Waals surface area contributed by atoms with Gasteiger partial charge in [-0.15, -0.1) is 16.4 Å². The number of β-amino-alcohol motifs (C(OH)–C–C–N with tert-alkyl or cyclic N) is 1. The molecule has 21 heteroatoms. The zero-order chi connectivity index (χ0) is 55.9. The molecule has 0 saturated carbocycles. The van der Waals surface area contributed by atoms with Crippen LogP contribution in [-0.4, -0.2) is 113 Å². The highest BCUT2D eigenvalue weighted by Gasteiger charge is 2.44. The molecule has 5 N–H and O–H groups in total. The maximum absolute atomic E-state index is 14.1. The van der Waals surface area contributed by atoms with Crippen molar-refractivity contribution in [2.45, 2.75) is 143 Å². The van der Waals surface area contributed by atoms with Gasteiger partial charge in [-0.1, -0.05) is 106 Å². The number of aromatic nitrogens is 6. The van der Waals surface area contributed by atoms with Crippen molar-refractivity contribution in [3.63, 3.8) is 0 Å². The number of rotatable bonds is 25. The minimum Gasteiger partial charge on any atom is -0.485 e. The molecule has 3 unspecified atom stereocenters. The summed E-state index contributed by atoms with van der Waals surface area (Å²) >= 11 is 7.63. The van der Waals surface area contributed by atoms with E-state index < -0.39 is 29.4 Å². The largest absolute Gasteiger partial charge is 0.485 e. The van der Waals surface area contributed by atoms with Gasteiger partial charge in [0.15, 0.2) is 0 Å². The Bertz CT molecular complexity index is 3070. The number of benzene rings is 3. The average molecular weight is 1120 g/mol. The number of amides is 4. The number of fused-ring (bicyclic) bond motifs is 1. The maximum atomic E-state index is 14.1. The van der Waals surface area contributed by atoms with E-state index in [4.69, 9.17) is 16.3 Å². The molecule has 3 atom stereocenters. The number of carbonyl (C=O) groups excluding carboxylic acids is 4. The molecule has 420 valence electrons. The van der Waals surface area contributed by atoms with Crippen molar-refractivity contribution in [1.82, 2.24) is 50.4 Å². The zero-order valence-electron chi connectivity index (χ0n) is 45.5. The number of carbonyl (C=O) groups is 4. The fourth-order valence-electron chi connectivity index (χ4n) is 9.86. The van der Waals surface area contributed by atoms with E-state index in [1.165, 1.54) is 35.9 Å². The predicted molar refractivity (Wildman–Crippen MR) is 305 cm³/mol. The third-order valence-electron chi connectivity index (χ3n) is 14.2. The van der Waals surface area contributed by atoms with Crippen molar-refractivity contribution in [2.24, 2.45) is 5.41 Å². The molecule has 18 nitrogen and oxygen atoms in total. The van der Waals surface area contributed by atoms with E-state index in [1.54, 1.807) is 34.2 Å². The molecular weight excluding hydrogens is 1050 g/mol. The molecule has 2 saturated heterocycles. The van der Waals surface area contributed by atoms with Crippen molar-refractivity contribution in [2.75, 3.05) is 36.8 Å². The molecule has 0 spiro atoms. The first kappa shape index (κ1) is 58.3. The summed E-state index contributed by atoms with van der Waals surface area (Å²) in [5, 5.41) is 31.9. The van der Waals surface area contributed by atoms with Crippen molar-refractivity contribution in [1.29, 1.82) is 0 Å². The molecule has 3 aromatic carbocycles. The fourth-order valence-corrected chi connectivity index (χ4v) is 10.9. The molecule has 3 aromatic heterocycles. The van der Waals surface area contributed by atoms with E-state index in [2.05, 4.69) is 51.4 Å². The molecule has 2 aliphatic heterocycles. The number of halogens is 2. The second-order valence-electron chi connectivity index (χ2n) is 21.5. The van der Waals surface area contributed by atoms with Gasteiger partial charge in [0.25, 0.3) is 0 Å². The third kappa shape index (κ3) is 16.6. The smallest absolute Gasteiger partial charge is 0.248 e. The number of thiazole rings is 1. The second kappa shape index (κ2) is 27.8. The molecule has 0 aliphatic carbocycles. The molecular formula is C58H72ClFN12O6S. The van der Waals surface area contributed by atoms with Crippen LogP contribution in [0.25, 0.3) is 21.3 Å². The third-order valence-corrected chi connectivity index (χ3v) is 15.5. The van der Waals surface area contributed by atoms with Crippen LogP contribution in [0.3, 0.4) is 0 Å². The van der Waals surface area contributed by atoms with Crippen LogP contribution in [0.1, 0.15) is 115 Å². The Morgan fingerprint density at radius 3 is 2.44 bits per heavy atom. The number of piperidine rings is 1. The van der Waals surface area contributed by atoms with Crippen LogP contribution in [0, 0.1) is 18.2 Å². The van der Waals surface area contributed by atoms with Gasteiger partial charge in [0, 0.05) is 62.2 Å². The van der Waals surface area contributed by atoms with Crippen LogP contribution in [0.5, 0.6) is 5.75 Å². The number of anilines is 3. The topological polar surface area (TPSA) is 222 Å². The van der Waals surface area contributed by atoms with Crippen molar-refractivity contribution in [3.05, 3.63) is 113 Å². The molecule has 2 aliphatic rings. The summed E-state index contributed by atoms with van der Waals surface area (Å²) in [6.07, 6.45) is 16.2. The summed E-state index contributed by atoms with van der Waals surface area (Å²) < 4.78 is 22.0. The highest BCUT2D eigenvalue weighted by molar-refractivity contribution is 7.13. The second-order valence-corrected chi connectivity index (χ2v) is 22.8. The number of likely N-dealkylation sites (tertiary alicyclic amines) is 2. The molecule has 5 heterocycles. The van der Waals surface area contributed by atoms with Crippen molar-refractivity contribution >= 4 is 74.7 Å². The first-order chi connectivity index (χ1) is 38.1. The average Bonchev–Trinajstić information content (AvgIpc) is 4.32. The van der Waals surface area contributed by atoms with Crippen molar-refractivity contribution < 1.29 is 33.4 Å². The van der Waals surface area contributed by atoms with Crippen LogP contribution >= 0.6 is 22.9 Å². The normalized spacial score (nSPS) is 16.3.